The molecule has 0 saturated heterocycles. The molecule has 208 valence electrons. The van der Waals surface area contributed by atoms with Crippen LogP contribution in [-0.4, -0.2) is 62.8 Å². The summed E-state index contributed by atoms with van der Waals surface area (Å²) in [6.07, 6.45) is 1.70. The molecule has 5 rings (SSSR count). The van der Waals surface area contributed by atoms with Gasteiger partial charge < -0.3 is 25.5 Å². The highest BCUT2D eigenvalue weighted by molar-refractivity contribution is 6.09. The number of aryl methyl sites for hydroxylation is 2. The van der Waals surface area contributed by atoms with Gasteiger partial charge in [0.2, 0.25) is 5.91 Å². The Balaban J connectivity index is 1.40. The van der Waals surface area contributed by atoms with Crippen molar-refractivity contribution < 1.29 is 28.2 Å². The number of amides is 2. The molecule has 4 N–H and O–H groups in total. The van der Waals surface area contributed by atoms with Crippen LogP contribution in [0, 0.1) is 25.6 Å². The SMILES string of the molecule is Cc1ccc(OCC2CC2)c(-c2ncnc3c(C(=O)N[C@H]4CC[C@@H](NC(=O)[C@H](C)O)C[C@H]4F)c(C)[nH]c23)c1F. The second-order valence-corrected chi connectivity index (χ2v) is 10.7. The molecule has 2 heterocycles. The molecule has 2 aromatic heterocycles. The zero-order chi connectivity index (χ0) is 27.8. The van der Waals surface area contributed by atoms with Gasteiger partial charge in [-0.15, -0.1) is 0 Å². The lowest BCUT2D eigenvalue weighted by Gasteiger charge is -2.32. The van der Waals surface area contributed by atoms with Crippen molar-refractivity contribution >= 4 is 22.8 Å². The molecular formula is C28H33F2N5O4. The fourth-order valence-corrected chi connectivity index (χ4v) is 5.06. The lowest BCUT2D eigenvalue weighted by Crippen LogP contribution is -2.51. The second-order valence-electron chi connectivity index (χ2n) is 10.7. The van der Waals surface area contributed by atoms with E-state index in [1.165, 1.54) is 13.3 Å². The van der Waals surface area contributed by atoms with E-state index in [4.69, 9.17) is 4.74 Å². The number of fused-ring (bicyclic) bond motifs is 1. The van der Waals surface area contributed by atoms with Crippen molar-refractivity contribution in [3.63, 3.8) is 0 Å². The number of aromatic amines is 1. The lowest BCUT2D eigenvalue weighted by molar-refractivity contribution is -0.129. The minimum Gasteiger partial charge on any atom is -0.492 e. The first-order chi connectivity index (χ1) is 18.6. The molecule has 9 nitrogen and oxygen atoms in total. The molecule has 0 unspecified atom stereocenters. The Morgan fingerprint density at radius 2 is 1.95 bits per heavy atom. The van der Waals surface area contributed by atoms with Crippen LogP contribution in [0.5, 0.6) is 5.75 Å². The van der Waals surface area contributed by atoms with Crippen LogP contribution < -0.4 is 15.4 Å². The Morgan fingerprint density at radius 1 is 1.18 bits per heavy atom. The average molecular weight is 542 g/mol. The van der Waals surface area contributed by atoms with Gasteiger partial charge in [0, 0.05) is 18.2 Å². The number of nitrogens with one attached hydrogen (secondary N) is 3. The Labute approximate surface area is 224 Å². The number of nitrogens with zero attached hydrogens (tertiary/aromatic N) is 2. The quantitative estimate of drug-likeness (QED) is 0.345. The smallest absolute Gasteiger partial charge is 0.255 e. The fourth-order valence-electron chi connectivity index (χ4n) is 5.06. The maximum absolute atomic E-state index is 15.5. The number of aliphatic hydroxyl groups excluding tert-OH is 1. The highest BCUT2D eigenvalue weighted by atomic mass is 19.1. The van der Waals surface area contributed by atoms with Crippen LogP contribution in [0.25, 0.3) is 22.3 Å². The minimum absolute atomic E-state index is 0.0266. The summed E-state index contributed by atoms with van der Waals surface area (Å²) in [6.45, 7) is 5.21. The average Bonchev–Trinajstić information content (AvgIpc) is 3.66. The van der Waals surface area contributed by atoms with E-state index < -0.39 is 42.0 Å². The van der Waals surface area contributed by atoms with Crippen molar-refractivity contribution in [1.82, 2.24) is 25.6 Å². The van der Waals surface area contributed by atoms with Gasteiger partial charge in [-0.3, -0.25) is 9.59 Å². The fraction of sp³-hybridized carbons (Fsp3) is 0.500. The minimum atomic E-state index is -1.38. The maximum atomic E-state index is 15.5. The maximum Gasteiger partial charge on any atom is 0.255 e. The Bertz CT molecular complexity index is 1400. The van der Waals surface area contributed by atoms with Crippen molar-refractivity contribution in [2.24, 2.45) is 5.92 Å². The predicted molar refractivity (Wildman–Crippen MR) is 141 cm³/mol. The monoisotopic (exact) mass is 541 g/mol. The number of hydrogen-bond acceptors (Lipinski definition) is 6. The molecule has 2 aliphatic rings. The normalized spacial score (nSPS) is 21.9. The third-order valence-electron chi connectivity index (χ3n) is 7.52. The highest BCUT2D eigenvalue weighted by Gasteiger charge is 2.34. The molecule has 0 bridgehead atoms. The first-order valence-corrected chi connectivity index (χ1v) is 13.3. The standard InChI is InChI=1S/C28H33F2N5O4/c1-13-4-9-20(39-11-16-5-6-16)22(23(13)30)25-26-24(31-12-32-25)21(14(2)33-26)28(38)35-19-8-7-17(10-18(19)29)34-27(37)15(3)36/h4,9,12,15-19,33,36H,5-8,10-11H2,1-3H3,(H,34,37)(H,35,38)/t15-,17+,18+,19-/m0/s1. The largest absolute Gasteiger partial charge is 0.492 e. The first kappa shape index (κ1) is 27.0. The van der Waals surface area contributed by atoms with E-state index in [9.17, 15) is 19.1 Å². The van der Waals surface area contributed by atoms with Crippen molar-refractivity contribution in [2.45, 2.75) is 77.2 Å². The molecule has 2 saturated carbocycles. The Hall–Kier alpha value is -3.60. The number of hydrogen-bond donors (Lipinski definition) is 4. The van der Waals surface area contributed by atoms with Crippen LogP contribution in [0.15, 0.2) is 18.5 Å². The highest BCUT2D eigenvalue weighted by Crippen LogP contribution is 2.39. The molecule has 3 aromatic rings. The van der Waals surface area contributed by atoms with E-state index in [0.717, 1.165) is 12.8 Å². The van der Waals surface area contributed by atoms with Gasteiger partial charge in [-0.25, -0.2) is 18.7 Å². The number of carbonyl (C=O) groups excluding carboxylic acids is 2. The molecule has 0 radical (unpaired) electrons. The molecule has 0 aliphatic heterocycles. The summed E-state index contributed by atoms with van der Waals surface area (Å²) < 4.78 is 36.4. The molecule has 2 amide bonds. The van der Waals surface area contributed by atoms with Gasteiger partial charge >= 0.3 is 0 Å². The molecule has 2 fully saturated rings. The van der Waals surface area contributed by atoms with Crippen LogP contribution in [0.3, 0.4) is 0 Å². The van der Waals surface area contributed by atoms with Crippen molar-refractivity contribution in [3.8, 4) is 17.0 Å². The van der Waals surface area contributed by atoms with E-state index in [0.29, 0.717) is 53.4 Å². The predicted octanol–water partition coefficient (Wildman–Crippen LogP) is 3.66. The van der Waals surface area contributed by atoms with Gasteiger partial charge in [0.1, 0.15) is 41.4 Å². The number of aromatic nitrogens is 3. The molecular weight excluding hydrogens is 508 g/mol. The third-order valence-corrected chi connectivity index (χ3v) is 7.52. The summed E-state index contributed by atoms with van der Waals surface area (Å²) in [5, 5.41) is 14.8. The zero-order valence-corrected chi connectivity index (χ0v) is 22.2. The van der Waals surface area contributed by atoms with Gasteiger partial charge in [0.15, 0.2) is 0 Å². The van der Waals surface area contributed by atoms with Gasteiger partial charge in [-0.05, 0) is 64.0 Å². The van der Waals surface area contributed by atoms with Gasteiger partial charge in [0.25, 0.3) is 5.91 Å². The van der Waals surface area contributed by atoms with Crippen LogP contribution in [0.2, 0.25) is 0 Å². The van der Waals surface area contributed by atoms with E-state index in [1.807, 2.05) is 0 Å². The van der Waals surface area contributed by atoms with E-state index in [2.05, 4.69) is 25.6 Å². The topological polar surface area (TPSA) is 129 Å². The number of halogens is 2. The molecule has 39 heavy (non-hydrogen) atoms. The van der Waals surface area contributed by atoms with Gasteiger partial charge in [-0.2, -0.15) is 0 Å². The Kier molecular flexibility index (Phi) is 7.53. The molecule has 11 heteroatoms. The molecule has 0 spiro atoms. The number of benzene rings is 1. The van der Waals surface area contributed by atoms with Crippen LogP contribution in [-0.2, 0) is 4.79 Å². The summed E-state index contributed by atoms with van der Waals surface area (Å²) in [5.74, 6) is -0.660. The lowest BCUT2D eigenvalue weighted by atomic mass is 9.89. The van der Waals surface area contributed by atoms with Crippen molar-refractivity contribution in [3.05, 3.63) is 41.1 Å². The summed E-state index contributed by atoms with van der Waals surface area (Å²) in [5.41, 5.74) is 2.35. The molecule has 4 atom stereocenters. The van der Waals surface area contributed by atoms with Crippen LogP contribution in [0.1, 0.15) is 60.6 Å². The van der Waals surface area contributed by atoms with Gasteiger partial charge in [-0.1, -0.05) is 6.07 Å². The molecule has 1 aromatic carbocycles. The number of alkyl halides is 1. The summed E-state index contributed by atoms with van der Waals surface area (Å²) in [4.78, 5) is 36.9. The Morgan fingerprint density at radius 3 is 2.64 bits per heavy atom. The number of ether oxygens (including phenoxy) is 1. The zero-order valence-electron chi connectivity index (χ0n) is 22.2. The van der Waals surface area contributed by atoms with Crippen molar-refractivity contribution in [1.29, 1.82) is 0 Å². The summed E-state index contributed by atoms with van der Waals surface area (Å²) >= 11 is 0. The van der Waals surface area contributed by atoms with E-state index in [-0.39, 0.29) is 23.2 Å². The first-order valence-electron chi connectivity index (χ1n) is 13.3. The molecule has 2 aliphatic carbocycles. The summed E-state index contributed by atoms with van der Waals surface area (Å²) in [6, 6.07) is 2.23. The van der Waals surface area contributed by atoms with Crippen molar-refractivity contribution in [2.75, 3.05) is 6.61 Å². The van der Waals surface area contributed by atoms with E-state index in [1.54, 1.807) is 26.0 Å². The number of aliphatic hydroxyl groups is 1. The van der Waals surface area contributed by atoms with Crippen LogP contribution in [0.4, 0.5) is 8.78 Å². The second kappa shape index (κ2) is 10.9. The van der Waals surface area contributed by atoms with E-state index >= 15 is 4.39 Å². The number of H-pyrrole nitrogens is 1. The number of carbonyl (C=O) groups is 2. The van der Waals surface area contributed by atoms with Gasteiger partial charge in [0.05, 0.1) is 29.3 Å². The van der Waals surface area contributed by atoms with Crippen LogP contribution >= 0.6 is 0 Å². The third kappa shape index (κ3) is 5.59. The number of rotatable bonds is 8. The summed E-state index contributed by atoms with van der Waals surface area (Å²) in [7, 11) is 0.